The van der Waals surface area contributed by atoms with Crippen molar-refractivity contribution in [3.05, 3.63) is 94.8 Å². The average Bonchev–Trinajstić information content (AvgIpc) is 3.36. The maximum atomic E-state index is 13.7. The second-order valence-corrected chi connectivity index (χ2v) is 11.5. The standard InChI is InChI=1S/C34H43F3N4O3.ClH/c1-3-10-27(11-4-2)40-18-9-19-41-29(16-17-30(41)33(40)44)32(43)39-28(21-24-12-6-5-7-13-24)31(42)23-38-22-25-14-8-15-26(20-25)34(35,36)37;/h5-8,12-17,20,27-28,31,38,42H,3-4,9-11,18-19,21-23H2,1-2H3,(H,39,43);1H/t28-,31-;/m0./s1. The molecule has 2 atom stereocenters. The molecule has 246 valence electrons. The van der Waals surface area contributed by atoms with Gasteiger partial charge < -0.3 is 25.2 Å². The lowest BCUT2D eigenvalue weighted by molar-refractivity contribution is -0.137. The van der Waals surface area contributed by atoms with E-state index in [-0.39, 0.29) is 37.4 Å². The largest absolute Gasteiger partial charge is 0.416 e. The van der Waals surface area contributed by atoms with Gasteiger partial charge in [-0.2, -0.15) is 13.2 Å². The number of nitrogens with zero attached hydrogens (tertiary/aromatic N) is 2. The Morgan fingerprint density at radius 1 is 0.956 bits per heavy atom. The maximum Gasteiger partial charge on any atom is 0.416 e. The summed E-state index contributed by atoms with van der Waals surface area (Å²) in [6, 6.07) is 17.3. The zero-order valence-electron chi connectivity index (χ0n) is 25.9. The molecule has 1 aliphatic rings. The van der Waals surface area contributed by atoms with Crippen molar-refractivity contribution < 1.29 is 27.9 Å². The first kappa shape index (κ1) is 36.1. The number of aliphatic hydroxyl groups is 1. The quantitative estimate of drug-likeness (QED) is 0.193. The van der Waals surface area contributed by atoms with Gasteiger partial charge >= 0.3 is 6.18 Å². The van der Waals surface area contributed by atoms with Gasteiger partial charge in [-0.05, 0) is 55.0 Å². The van der Waals surface area contributed by atoms with Gasteiger partial charge in [-0.1, -0.05) is 75.2 Å². The van der Waals surface area contributed by atoms with Gasteiger partial charge in [-0.3, -0.25) is 9.59 Å². The molecule has 0 aliphatic carbocycles. The molecule has 45 heavy (non-hydrogen) atoms. The van der Waals surface area contributed by atoms with Crippen LogP contribution >= 0.6 is 12.4 Å². The number of benzene rings is 2. The number of alkyl halides is 3. The number of aromatic nitrogens is 1. The zero-order valence-corrected chi connectivity index (χ0v) is 26.7. The second kappa shape index (κ2) is 16.8. The van der Waals surface area contributed by atoms with Gasteiger partial charge in [0.15, 0.2) is 0 Å². The fourth-order valence-electron chi connectivity index (χ4n) is 5.97. The monoisotopic (exact) mass is 648 g/mol. The Morgan fingerprint density at radius 3 is 2.31 bits per heavy atom. The molecule has 3 aromatic rings. The van der Waals surface area contributed by atoms with Gasteiger partial charge in [0.25, 0.3) is 11.8 Å². The number of fused-ring (bicyclic) bond motifs is 1. The number of rotatable bonds is 14. The molecule has 0 radical (unpaired) electrons. The smallest absolute Gasteiger partial charge is 0.390 e. The number of aliphatic hydroxyl groups excluding tert-OH is 1. The van der Waals surface area contributed by atoms with Crippen molar-refractivity contribution in [3.8, 4) is 0 Å². The SMILES string of the molecule is CCCC(CCC)N1CCCn2c(C(=O)N[C@@H](Cc3ccccc3)[C@@H](O)CNCc3cccc(C(F)(F)F)c3)ccc2C1=O.Cl. The number of halogens is 4. The third-order valence-electron chi connectivity index (χ3n) is 8.17. The lowest BCUT2D eigenvalue weighted by Gasteiger charge is -2.30. The summed E-state index contributed by atoms with van der Waals surface area (Å²) in [5.74, 6) is -0.456. The molecular weight excluding hydrogens is 605 g/mol. The van der Waals surface area contributed by atoms with Crippen LogP contribution in [-0.4, -0.2) is 57.7 Å². The van der Waals surface area contributed by atoms with Crippen LogP contribution < -0.4 is 10.6 Å². The van der Waals surface area contributed by atoms with Crippen LogP contribution in [0, 0.1) is 0 Å². The molecule has 2 amide bonds. The lowest BCUT2D eigenvalue weighted by Crippen LogP contribution is -2.49. The first-order valence-electron chi connectivity index (χ1n) is 15.5. The highest BCUT2D eigenvalue weighted by Gasteiger charge is 2.32. The Labute approximate surface area is 269 Å². The van der Waals surface area contributed by atoms with Crippen LogP contribution in [-0.2, 0) is 25.7 Å². The van der Waals surface area contributed by atoms with E-state index in [9.17, 15) is 27.9 Å². The molecular formula is C34H44ClF3N4O3. The molecule has 0 unspecified atom stereocenters. The van der Waals surface area contributed by atoms with Gasteiger partial charge in [-0.15, -0.1) is 12.4 Å². The molecule has 1 aliphatic heterocycles. The molecule has 2 heterocycles. The van der Waals surface area contributed by atoms with E-state index < -0.39 is 29.8 Å². The van der Waals surface area contributed by atoms with Crippen molar-refractivity contribution in [1.82, 2.24) is 20.1 Å². The van der Waals surface area contributed by atoms with E-state index in [1.54, 1.807) is 22.8 Å². The van der Waals surface area contributed by atoms with Gasteiger partial charge in [0.05, 0.1) is 17.7 Å². The third-order valence-corrected chi connectivity index (χ3v) is 8.17. The molecule has 0 bridgehead atoms. The molecule has 0 saturated carbocycles. The van der Waals surface area contributed by atoms with E-state index in [4.69, 9.17) is 0 Å². The van der Waals surface area contributed by atoms with Crippen LogP contribution in [0.1, 0.15) is 83.6 Å². The molecule has 3 N–H and O–H groups in total. The first-order chi connectivity index (χ1) is 21.1. The van der Waals surface area contributed by atoms with Crippen molar-refractivity contribution >= 4 is 24.2 Å². The fraction of sp³-hybridized carbons (Fsp3) is 0.471. The van der Waals surface area contributed by atoms with E-state index in [2.05, 4.69) is 24.5 Å². The van der Waals surface area contributed by atoms with Crippen molar-refractivity contribution in [1.29, 1.82) is 0 Å². The van der Waals surface area contributed by atoms with E-state index in [0.29, 0.717) is 36.5 Å². The molecule has 1 aromatic heterocycles. The summed E-state index contributed by atoms with van der Waals surface area (Å²) in [6.07, 6.45) is -0.547. The zero-order chi connectivity index (χ0) is 31.7. The van der Waals surface area contributed by atoms with Crippen LogP contribution in [0.2, 0.25) is 0 Å². The number of nitrogens with one attached hydrogen (secondary N) is 2. The van der Waals surface area contributed by atoms with E-state index >= 15 is 0 Å². The number of amides is 2. The normalized spacial score (nSPS) is 14.8. The molecule has 0 fully saturated rings. The van der Waals surface area contributed by atoms with Gasteiger partial charge in [0, 0.05) is 32.2 Å². The number of hydrogen-bond donors (Lipinski definition) is 3. The van der Waals surface area contributed by atoms with E-state index in [1.807, 2.05) is 35.2 Å². The van der Waals surface area contributed by atoms with Crippen LogP contribution in [0.5, 0.6) is 0 Å². The third kappa shape index (κ3) is 9.58. The van der Waals surface area contributed by atoms with Crippen LogP contribution in [0.15, 0.2) is 66.7 Å². The van der Waals surface area contributed by atoms with Crippen molar-refractivity contribution in [3.63, 3.8) is 0 Å². The summed E-state index contributed by atoms with van der Waals surface area (Å²) in [7, 11) is 0. The molecule has 0 saturated heterocycles. The summed E-state index contributed by atoms with van der Waals surface area (Å²) in [6.45, 7) is 5.58. The maximum absolute atomic E-state index is 13.7. The second-order valence-electron chi connectivity index (χ2n) is 11.5. The van der Waals surface area contributed by atoms with Crippen LogP contribution in [0.3, 0.4) is 0 Å². The summed E-state index contributed by atoms with van der Waals surface area (Å²) < 4.78 is 41.1. The first-order valence-corrected chi connectivity index (χ1v) is 15.5. The van der Waals surface area contributed by atoms with Gasteiger partial charge in [0.2, 0.25) is 0 Å². The van der Waals surface area contributed by atoms with Crippen LogP contribution in [0.25, 0.3) is 0 Å². The Hall–Kier alpha value is -3.34. The summed E-state index contributed by atoms with van der Waals surface area (Å²) in [4.78, 5) is 29.2. The molecule has 2 aromatic carbocycles. The number of carbonyl (C=O) groups excluding carboxylic acids is 2. The Bertz CT molecular complexity index is 1380. The van der Waals surface area contributed by atoms with Gasteiger partial charge in [0.1, 0.15) is 11.4 Å². The highest BCUT2D eigenvalue weighted by atomic mass is 35.5. The summed E-state index contributed by atoms with van der Waals surface area (Å²) in [5.41, 5.74) is 1.47. The van der Waals surface area contributed by atoms with E-state index in [1.165, 1.54) is 6.07 Å². The molecule has 0 spiro atoms. The van der Waals surface area contributed by atoms with Crippen molar-refractivity contribution in [2.24, 2.45) is 0 Å². The highest BCUT2D eigenvalue weighted by Crippen LogP contribution is 2.29. The van der Waals surface area contributed by atoms with Crippen molar-refractivity contribution in [2.75, 3.05) is 13.1 Å². The minimum Gasteiger partial charge on any atom is -0.390 e. The summed E-state index contributed by atoms with van der Waals surface area (Å²) >= 11 is 0. The Balaban J connectivity index is 0.00000552. The topological polar surface area (TPSA) is 86.6 Å². The predicted molar refractivity (Wildman–Crippen MR) is 171 cm³/mol. The van der Waals surface area contributed by atoms with Gasteiger partial charge in [-0.25, -0.2) is 0 Å². The Kier molecular flexibility index (Phi) is 13.5. The lowest BCUT2D eigenvalue weighted by atomic mass is 10.0. The number of carbonyl (C=O) groups is 2. The molecule has 4 rings (SSSR count). The minimum absolute atomic E-state index is 0. The fourth-order valence-corrected chi connectivity index (χ4v) is 5.97. The number of hydrogen-bond acceptors (Lipinski definition) is 4. The van der Waals surface area contributed by atoms with Crippen molar-refractivity contribution in [2.45, 2.75) is 89.8 Å². The molecule has 7 nitrogen and oxygen atoms in total. The van der Waals surface area contributed by atoms with Crippen LogP contribution in [0.4, 0.5) is 13.2 Å². The molecule has 11 heteroatoms. The summed E-state index contributed by atoms with van der Waals surface area (Å²) in [5, 5.41) is 17.2. The highest BCUT2D eigenvalue weighted by molar-refractivity contribution is 5.98. The van der Waals surface area contributed by atoms with E-state index in [0.717, 1.165) is 49.8 Å². The Morgan fingerprint density at radius 2 is 1.64 bits per heavy atom. The average molecular weight is 649 g/mol. The predicted octanol–water partition coefficient (Wildman–Crippen LogP) is 6.24. The minimum atomic E-state index is -4.44.